The van der Waals surface area contributed by atoms with E-state index in [1.54, 1.807) is 24.3 Å². The van der Waals surface area contributed by atoms with Crippen LogP contribution in [0.15, 0.2) is 130 Å². The number of hydrogen-bond acceptors (Lipinski definition) is 7. The Hall–Kier alpha value is -3.81. The lowest BCUT2D eigenvalue weighted by Crippen LogP contribution is -2.39. The minimum atomic E-state index is -4.34. The molecule has 3 N–H and O–H groups in total. The molecule has 10 nitrogen and oxygen atoms in total. The Bertz CT molecular complexity index is 2040. The molecule has 5 rings (SSSR count). The molecule has 292 valence electrons. The van der Waals surface area contributed by atoms with Gasteiger partial charge in [0.2, 0.25) is 0 Å². The van der Waals surface area contributed by atoms with Crippen molar-refractivity contribution >= 4 is 26.2 Å². The SMILES string of the molecule is CC1(C)C(=CC=CC=CC2N(CCCC3=CC=CC=CC=C3)C3CC=C(S(=O)(=O)O)C=C3C2(C)C)N(CCCCCC(=O)O)C2=C1CC(S(=O)(=O)O)C=C2. The molecule has 0 amide bonds. The average molecular weight is 779 g/mol. The maximum absolute atomic E-state index is 12.1. The van der Waals surface area contributed by atoms with Crippen molar-refractivity contribution in [2.45, 2.75) is 96.4 Å². The van der Waals surface area contributed by atoms with E-state index in [1.165, 1.54) is 5.57 Å². The van der Waals surface area contributed by atoms with Gasteiger partial charge in [0.15, 0.2) is 0 Å². The molecule has 0 saturated carbocycles. The van der Waals surface area contributed by atoms with Crippen molar-refractivity contribution in [2.75, 3.05) is 13.1 Å². The summed E-state index contributed by atoms with van der Waals surface area (Å²) in [5.74, 6) is -0.817. The summed E-state index contributed by atoms with van der Waals surface area (Å²) in [6.07, 6.45) is 35.7. The van der Waals surface area contributed by atoms with Gasteiger partial charge in [0.1, 0.15) is 5.25 Å². The topological polar surface area (TPSA) is 153 Å². The second-order valence-electron chi connectivity index (χ2n) is 15.6. The molecular weight excluding hydrogens is 725 g/mol. The molecule has 2 aliphatic heterocycles. The molecule has 5 aliphatic rings. The van der Waals surface area contributed by atoms with E-state index in [2.05, 4.69) is 55.7 Å². The number of fused-ring (bicyclic) bond motifs is 1. The third-order valence-corrected chi connectivity index (χ3v) is 13.2. The van der Waals surface area contributed by atoms with Crippen LogP contribution in [0.25, 0.3) is 0 Å². The summed E-state index contributed by atoms with van der Waals surface area (Å²) in [6.45, 7) is 9.78. The Balaban J connectivity index is 1.38. The van der Waals surface area contributed by atoms with Crippen LogP contribution in [0.5, 0.6) is 0 Å². The first-order valence-corrected chi connectivity index (χ1v) is 21.7. The molecular formula is C42H54N2O8S2. The molecule has 0 aromatic rings. The van der Waals surface area contributed by atoms with Crippen LogP contribution in [-0.2, 0) is 25.0 Å². The largest absolute Gasteiger partial charge is 0.481 e. The Morgan fingerprint density at radius 1 is 0.907 bits per heavy atom. The first-order chi connectivity index (χ1) is 25.4. The van der Waals surface area contributed by atoms with Crippen LogP contribution in [0.4, 0.5) is 0 Å². The first-order valence-electron chi connectivity index (χ1n) is 18.7. The Labute approximate surface area is 321 Å². The summed E-state index contributed by atoms with van der Waals surface area (Å²) in [7, 11) is -8.60. The zero-order chi connectivity index (χ0) is 39.3. The van der Waals surface area contributed by atoms with E-state index >= 15 is 0 Å². The Morgan fingerprint density at radius 3 is 2.37 bits per heavy atom. The molecule has 0 aromatic carbocycles. The summed E-state index contributed by atoms with van der Waals surface area (Å²) in [4.78, 5) is 15.6. The second kappa shape index (κ2) is 16.9. The minimum Gasteiger partial charge on any atom is -0.481 e. The van der Waals surface area contributed by atoms with Crippen LogP contribution in [0.2, 0.25) is 0 Å². The van der Waals surface area contributed by atoms with Crippen molar-refractivity contribution in [1.29, 1.82) is 0 Å². The van der Waals surface area contributed by atoms with Gasteiger partial charge < -0.3 is 10.0 Å². The number of carboxylic acid groups (broad SMARTS) is 1. The maximum Gasteiger partial charge on any atom is 0.303 e. The number of unbranched alkanes of at least 4 members (excludes halogenated alkanes) is 2. The molecule has 0 aromatic heterocycles. The number of allylic oxidation sites excluding steroid dienone is 15. The summed E-state index contributed by atoms with van der Waals surface area (Å²) in [6, 6.07) is -0.0529. The molecule has 12 heteroatoms. The summed E-state index contributed by atoms with van der Waals surface area (Å²) < 4.78 is 68.2. The lowest BCUT2D eigenvalue weighted by molar-refractivity contribution is -0.137. The molecule has 1 saturated heterocycles. The highest BCUT2D eigenvalue weighted by atomic mass is 32.2. The van der Waals surface area contributed by atoms with Crippen molar-refractivity contribution in [3.05, 3.63) is 130 Å². The van der Waals surface area contributed by atoms with E-state index in [0.29, 0.717) is 19.4 Å². The molecule has 1 fully saturated rings. The maximum atomic E-state index is 12.1. The number of hydrogen-bond donors (Lipinski definition) is 3. The van der Waals surface area contributed by atoms with Gasteiger partial charge in [-0.25, -0.2) is 0 Å². The van der Waals surface area contributed by atoms with E-state index in [4.69, 9.17) is 5.11 Å². The van der Waals surface area contributed by atoms with E-state index in [-0.39, 0.29) is 29.8 Å². The molecule has 54 heavy (non-hydrogen) atoms. The highest BCUT2D eigenvalue weighted by molar-refractivity contribution is 7.90. The van der Waals surface area contributed by atoms with Gasteiger partial charge in [-0.2, -0.15) is 16.8 Å². The quantitative estimate of drug-likeness (QED) is 0.0847. The van der Waals surface area contributed by atoms with E-state index in [0.717, 1.165) is 54.8 Å². The van der Waals surface area contributed by atoms with Gasteiger partial charge in [-0.1, -0.05) is 113 Å². The number of nitrogens with zero attached hydrogens (tertiary/aromatic N) is 2. The number of likely N-dealkylation sites (tertiary alicyclic amines) is 1. The van der Waals surface area contributed by atoms with E-state index in [1.807, 2.05) is 54.7 Å². The zero-order valence-electron chi connectivity index (χ0n) is 31.6. The lowest BCUT2D eigenvalue weighted by atomic mass is 9.77. The van der Waals surface area contributed by atoms with Crippen LogP contribution < -0.4 is 0 Å². The molecule has 3 unspecified atom stereocenters. The van der Waals surface area contributed by atoms with Gasteiger partial charge in [0.25, 0.3) is 20.2 Å². The van der Waals surface area contributed by atoms with Crippen molar-refractivity contribution in [2.24, 2.45) is 10.8 Å². The van der Waals surface area contributed by atoms with Crippen molar-refractivity contribution in [3.8, 4) is 0 Å². The van der Waals surface area contributed by atoms with Crippen molar-refractivity contribution in [1.82, 2.24) is 9.80 Å². The Morgan fingerprint density at radius 2 is 1.65 bits per heavy atom. The summed E-state index contributed by atoms with van der Waals surface area (Å²) in [5.41, 5.74) is 4.11. The highest BCUT2D eigenvalue weighted by Crippen LogP contribution is 2.52. The van der Waals surface area contributed by atoms with Gasteiger partial charge in [-0.15, -0.1) is 0 Å². The first kappa shape index (κ1) is 41.4. The monoisotopic (exact) mass is 778 g/mol. The van der Waals surface area contributed by atoms with Crippen LogP contribution >= 0.6 is 0 Å². The molecule has 0 radical (unpaired) electrons. The zero-order valence-corrected chi connectivity index (χ0v) is 33.3. The van der Waals surface area contributed by atoms with E-state index < -0.39 is 42.3 Å². The third-order valence-electron chi connectivity index (χ3n) is 11.3. The highest BCUT2D eigenvalue weighted by Gasteiger charge is 2.50. The third kappa shape index (κ3) is 9.52. The number of aliphatic carboxylic acids is 1. The number of carbonyl (C=O) groups is 1. The fraction of sp³-hybridized carbons (Fsp3) is 0.452. The van der Waals surface area contributed by atoms with Gasteiger partial charge in [0.05, 0.1) is 4.91 Å². The standard InChI is InChI=1S/C42H54N2O8S2/c1-41(2)34-29-32(53(47,48)49)23-25-36(34)43(27-15-9-14-22-40(45)46)38(41)20-12-8-13-21-39-42(3,4)35-30-33(54(50,51)52)24-26-37(35)44(39)28-16-19-31-17-10-6-5-7-11-18-31/h5-8,10-13,17-18,20-21,23-25,30,32,37,39H,9,14-16,19,22,26-29H2,1-4H3,(H,45,46)(H,47,48,49)(H,50,51,52). The summed E-state index contributed by atoms with van der Waals surface area (Å²) >= 11 is 0. The van der Waals surface area contributed by atoms with Gasteiger partial charge in [0, 0.05) is 47.3 Å². The molecule has 0 spiro atoms. The van der Waals surface area contributed by atoms with Crippen molar-refractivity contribution < 1.29 is 35.8 Å². The second-order valence-corrected chi connectivity index (χ2v) is 18.7. The fourth-order valence-corrected chi connectivity index (χ4v) is 9.64. The fourth-order valence-electron chi connectivity index (χ4n) is 8.41. The van der Waals surface area contributed by atoms with Crippen LogP contribution in [0, 0.1) is 10.8 Å². The predicted octanol–water partition coefficient (Wildman–Crippen LogP) is 8.01. The molecule has 3 atom stereocenters. The van der Waals surface area contributed by atoms with Crippen molar-refractivity contribution in [3.63, 3.8) is 0 Å². The van der Waals surface area contributed by atoms with Gasteiger partial charge in [-0.05, 0) is 80.0 Å². The molecule has 3 aliphatic carbocycles. The van der Waals surface area contributed by atoms with Crippen LogP contribution in [0.1, 0.15) is 79.1 Å². The van der Waals surface area contributed by atoms with Crippen LogP contribution in [0.3, 0.4) is 0 Å². The Kier molecular flexibility index (Phi) is 13.0. The smallest absolute Gasteiger partial charge is 0.303 e. The average Bonchev–Trinajstić information content (AvgIpc) is 3.42. The van der Waals surface area contributed by atoms with Gasteiger partial charge >= 0.3 is 5.97 Å². The number of rotatable bonds is 15. The molecule has 0 bridgehead atoms. The number of carboxylic acids is 1. The predicted molar refractivity (Wildman–Crippen MR) is 214 cm³/mol. The van der Waals surface area contributed by atoms with Crippen LogP contribution in [-0.4, -0.2) is 77.2 Å². The van der Waals surface area contributed by atoms with E-state index in [9.17, 15) is 30.7 Å². The normalized spacial score (nSPS) is 26.0. The minimum absolute atomic E-state index is 0.00344. The summed E-state index contributed by atoms with van der Waals surface area (Å²) in [5, 5.41) is 8.06. The lowest BCUT2D eigenvalue weighted by Gasteiger charge is -2.31. The molecule has 2 heterocycles. The van der Waals surface area contributed by atoms with Gasteiger partial charge in [-0.3, -0.25) is 18.8 Å².